The molecule has 3 aromatic carbocycles. The molecular weight excluding hydrogens is 481 g/mol. The molecule has 0 unspecified atom stereocenters. The van der Waals surface area contributed by atoms with Crippen LogP contribution in [-0.4, -0.2) is 22.0 Å². The third-order valence-electron chi connectivity index (χ3n) is 5.56. The van der Waals surface area contributed by atoms with E-state index in [9.17, 15) is 18.3 Å². The van der Waals surface area contributed by atoms with Crippen LogP contribution in [0.5, 0.6) is 17.2 Å². The number of ether oxygens (including phenoxy) is 2. The minimum Gasteiger partial charge on any atom is -0.507 e. The van der Waals surface area contributed by atoms with E-state index in [0.717, 1.165) is 15.8 Å². The fourth-order valence-electron chi connectivity index (χ4n) is 3.84. The summed E-state index contributed by atoms with van der Waals surface area (Å²) in [7, 11) is 2.68. The summed E-state index contributed by atoms with van der Waals surface area (Å²) >= 11 is 5.89. The van der Waals surface area contributed by atoms with Crippen LogP contribution < -0.4 is 9.47 Å². The highest BCUT2D eigenvalue weighted by molar-refractivity contribution is 6.30. The summed E-state index contributed by atoms with van der Waals surface area (Å²) < 4.78 is 54.0. The summed E-state index contributed by atoms with van der Waals surface area (Å²) in [5.41, 5.74) is 0.972. The molecule has 0 fully saturated rings. The Bertz CT molecular complexity index is 1370. The number of phenols is 1. The highest BCUT2D eigenvalue weighted by Gasteiger charge is 2.40. The molecule has 0 aliphatic heterocycles. The molecule has 0 radical (unpaired) electrons. The number of aromatic nitrogens is 2. The van der Waals surface area contributed by atoms with Gasteiger partial charge in [-0.2, -0.15) is 18.3 Å². The number of benzene rings is 3. The maximum absolute atomic E-state index is 14.1. The molecule has 0 aliphatic rings. The van der Waals surface area contributed by atoms with E-state index in [-0.39, 0.29) is 34.7 Å². The van der Waals surface area contributed by atoms with Gasteiger partial charge in [-0.3, -0.25) is 4.68 Å². The van der Waals surface area contributed by atoms with E-state index in [1.54, 1.807) is 37.3 Å². The molecule has 1 N–H and O–H groups in total. The third-order valence-corrected chi connectivity index (χ3v) is 5.81. The number of aryl methyl sites for hydroxylation is 2. The highest BCUT2D eigenvalue weighted by Crippen LogP contribution is 2.45. The van der Waals surface area contributed by atoms with E-state index < -0.39 is 11.9 Å². The van der Waals surface area contributed by atoms with E-state index in [4.69, 9.17) is 21.1 Å². The molecule has 0 aliphatic carbocycles. The van der Waals surface area contributed by atoms with Crippen LogP contribution in [0.3, 0.4) is 0 Å². The van der Waals surface area contributed by atoms with E-state index >= 15 is 0 Å². The first-order valence-electron chi connectivity index (χ1n) is 10.6. The third kappa shape index (κ3) is 5.07. The minimum absolute atomic E-state index is 0.00696. The number of nitrogens with zero attached hydrogens (tertiary/aromatic N) is 2. The Morgan fingerprint density at radius 1 is 1.03 bits per heavy atom. The molecular formula is C26H22ClF3N2O3. The summed E-state index contributed by atoms with van der Waals surface area (Å²) in [4.78, 5) is 0. The second kappa shape index (κ2) is 9.54. The van der Waals surface area contributed by atoms with Crippen LogP contribution in [0.2, 0.25) is 5.02 Å². The van der Waals surface area contributed by atoms with Crippen LogP contribution in [-0.2, 0) is 19.8 Å². The molecule has 0 saturated carbocycles. The lowest BCUT2D eigenvalue weighted by atomic mass is 9.96. The Morgan fingerprint density at radius 2 is 1.74 bits per heavy atom. The zero-order valence-corrected chi connectivity index (χ0v) is 19.9. The van der Waals surface area contributed by atoms with Crippen LogP contribution in [0, 0.1) is 6.92 Å². The fraction of sp³-hybridized carbons (Fsp3) is 0.192. The molecule has 0 saturated heterocycles. The lowest BCUT2D eigenvalue weighted by Gasteiger charge is -2.13. The van der Waals surface area contributed by atoms with Gasteiger partial charge in [0, 0.05) is 29.3 Å². The number of phenolic OH excluding ortho intramolecular Hbond substituents is 1. The number of methoxy groups -OCH3 is 1. The van der Waals surface area contributed by atoms with Gasteiger partial charge in [-0.25, -0.2) is 0 Å². The maximum Gasteiger partial charge on any atom is 0.433 e. The second-order valence-electron chi connectivity index (χ2n) is 7.97. The molecule has 4 aromatic rings. The summed E-state index contributed by atoms with van der Waals surface area (Å²) in [6.07, 6.45) is -4.68. The Labute approximate surface area is 205 Å². The predicted molar refractivity (Wildman–Crippen MR) is 128 cm³/mol. The molecule has 182 valence electrons. The molecule has 0 amide bonds. The van der Waals surface area contributed by atoms with Gasteiger partial charge in [0.25, 0.3) is 0 Å². The normalized spacial score (nSPS) is 11.5. The van der Waals surface area contributed by atoms with Crippen molar-refractivity contribution in [2.75, 3.05) is 7.11 Å². The highest BCUT2D eigenvalue weighted by atomic mass is 35.5. The quantitative estimate of drug-likeness (QED) is 0.307. The number of hydrogen-bond acceptors (Lipinski definition) is 4. The Morgan fingerprint density at radius 3 is 2.37 bits per heavy atom. The lowest BCUT2D eigenvalue weighted by molar-refractivity contribution is -0.143. The molecule has 1 aromatic heterocycles. The molecule has 1 heterocycles. The molecule has 4 rings (SSSR count). The Hall–Kier alpha value is -3.65. The largest absolute Gasteiger partial charge is 0.507 e. The van der Waals surface area contributed by atoms with Gasteiger partial charge in [0.2, 0.25) is 0 Å². The average molecular weight is 503 g/mol. The van der Waals surface area contributed by atoms with Crippen molar-refractivity contribution < 1.29 is 27.8 Å². The summed E-state index contributed by atoms with van der Waals surface area (Å²) in [5.74, 6) is 0.540. The van der Waals surface area contributed by atoms with Crippen LogP contribution in [0.4, 0.5) is 13.2 Å². The van der Waals surface area contributed by atoms with Crippen LogP contribution >= 0.6 is 11.6 Å². The van der Waals surface area contributed by atoms with E-state index in [1.807, 2.05) is 12.1 Å². The van der Waals surface area contributed by atoms with Gasteiger partial charge in [-0.1, -0.05) is 35.9 Å². The van der Waals surface area contributed by atoms with Crippen molar-refractivity contribution in [2.45, 2.75) is 19.7 Å². The number of rotatable bonds is 6. The SMILES string of the molecule is COc1cc(-c2c(-c3ccc(OCc4ccc(Cl)cc4)cc3O)nn(C)c2C(F)(F)F)ccc1C. The van der Waals surface area contributed by atoms with Crippen molar-refractivity contribution in [1.82, 2.24) is 9.78 Å². The van der Waals surface area contributed by atoms with Crippen molar-refractivity contribution in [3.05, 3.63) is 82.5 Å². The van der Waals surface area contributed by atoms with Crippen molar-refractivity contribution >= 4 is 11.6 Å². The maximum atomic E-state index is 14.1. The van der Waals surface area contributed by atoms with Crippen LogP contribution in [0.25, 0.3) is 22.4 Å². The molecule has 35 heavy (non-hydrogen) atoms. The topological polar surface area (TPSA) is 56.5 Å². The van der Waals surface area contributed by atoms with Gasteiger partial charge in [0.1, 0.15) is 29.5 Å². The summed E-state index contributed by atoms with van der Waals surface area (Å²) in [6.45, 7) is 2.03. The van der Waals surface area contributed by atoms with Crippen LogP contribution in [0.15, 0.2) is 60.7 Å². The molecule has 9 heteroatoms. The summed E-state index contributed by atoms with van der Waals surface area (Å²) in [6, 6.07) is 16.3. The van der Waals surface area contributed by atoms with E-state index in [1.165, 1.54) is 32.4 Å². The summed E-state index contributed by atoms with van der Waals surface area (Å²) in [5, 5.41) is 15.5. The second-order valence-corrected chi connectivity index (χ2v) is 8.41. The Balaban J connectivity index is 1.76. The molecule has 5 nitrogen and oxygen atoms in total. The van der Waals surface area contributed by atoms with E-state index in [0.29, 0.717) is 16.5 Å². The minimum atomic E-state index is -4.68. The van der Waals surface area contributed by atoms with Crippen LogP contribution in [0.1, 0.15) is 16.8 Å². The number of alkyl halides is 3. The predicted octanol–water partition coefficient (Wildman–Crippen LogP) is 7.03. The molecule has 0 atom stereocenters. The first-order chi connectivity index (χ1) is 16.6. The monoisotopic (exact) mass is 502 g/mol. The van der Waals surface area contributed by atoms with Gasteiger partial charge in [0.15, 0.2) is 5.69 Å². The lowest BCUT2D eigenvalue weighted by Crippen LogP contribution is -2.13. The van der Waals surface area contributed by atoms with Gasteiger partial charge in [-0.05, 0) is 53.9 Å². The average Bonchev–Trinajstić information content (AvgIpc) is 3.16. The first-order valence-corrected chi connectivity index (χ1v) is 11.0. The van der Waals surface area contributed by atoms with Crippen molar-refractivity contribution in [2.24, 2.45) is 7.05 Å². The number of halogens is 4. The van der Waals surface area contributed by atoms with Crippen molar-refractivity contribution in [3.63, 3.8) is 0 Å². The van der Waals surface area contributed by atoms with Crippen molar-refractivity contribution in [3.8, 4) is 39.6 Å². The zero-order valence-electron chi connectivity index (χ0n) is 19.2. The van der Waals surface area contributed by atoms with Crippen molar-refractivity contribution in [1.29, 1.82) is 0 Å². The first kappa shape index (κ1) is 24.5. The standard InChI is InChI=1S/C26H22ClF3N2O3/c1-15-4-7-17(12-22(15)34-3)23-24(31-32(2)25(23)26(28,29)30)20-11-10-19(13-21(20)33)35-14-16-5-8-18(27)9-6-16/h4-13,33H,14H2,1-3H3. The van der Waals surface area contributed by atoms with Gasteiger partial charge < -0.3 is 14.6 Å². The number of aromatic hydroxyl groups is 1. The number of hydrogen-bond donors (Lipinski definition) is 1. The molecule has 0 bridgehead atoms. The van der Waals surface area contributed by atoms with E-state index in [2.05, 4.69) is 5.10 Å². The molecule has 0 spiro atoms. The van der Waals surface area contributed by atoms with Gasteiger partial charge in [-0.15, -0.1) is 0 Å². The van der Waals surface area contributed by atoms with Gasteiger partial charge in [0.05, 0.1) is 7.11 Å². The van der Waals surface area contributed by atoms with Gasteiger partial charge >= 0.3 is 6.18 Å². The smallest absolute Gasteiger partial charge is 0.433 e. The fourth-order valence-corrected chi connectivity index (χ4v) is 3.96. The Kier molecular flexibility index (Phi) is 6.67. The zero-order chi connectivity index (χ0) is 25.3.